The molecule has 0 unspecified atom stereocenters. The van der Waals surface area contributed by atoms with Crippen molar-refractivity contribution in [1.29, 1.82) is 0 Å². The molecule has 0 aromatic heterocycles. The van der Waals surface area contributed by atoms with E-state index in [1.165, 1.54) is 12.1 Å². The molecular weight excluding hydrogens is 208 g/mol. The van der Waals surface area contributed by atoms with Crippen molar-refractivity contribution in [2.75, 3.05) is 0 Å². The molecule has 0 saturated heterocycles. The van der Waals surface area contributed by atoms with Gasteiger partial charge in [0.05, 0.1) is 4.90 Å². The lowest BCUT2D eigenvalue weighted by molar-refractivity contribution is 0.0953. The maximum Gasteiger partial charge on any atom is 0.294 e. The molecule has 0 aliphatic heterocycles. The van der Waals surface area contributed by atoms with Crippen LogP contribution < -0.4 is 11.3 Å². The molecule has 4 N–H and O–H groups in total. The van der Waals surface area contributed by atoms with E-state index in [9.17, 15) is 13.2 Å². The summed E-state index contributed by atoms with van der Waals surface area (Å²) < 4.78 is 29.9. The van der Waals surface area contributed by atoms with Crippen LogP contribution in [0.25, 0.3) is 0 Å². The molecule has 0 radical (unpaired) electrons. The molecule has 14 heavy (non-hydrogen) atoms. The quantitative estimate of drug-likeness (QED) is 0.268. The van der Waals surface area contributed by atoms with Crippen LogP contribution in [0, 0.1) is 0 Å². The lowest BCUT2D eigenvalue weighted by Gasteiger charge is -2.00. The van der Waals surface area contributed by atoms with Crippen LogP contribution in [-0.2, 0) is 10.1 Å². The molecule has 0 bridgehead atoms. The SMILES string of the molecule is NNC(=O)c1ccc(S(=O)(=O)O)cc1. The summed E-state index contributed by atoms with van der Waals surface area (Å²) in [4.78, 5) is 10.7. The standard InChI is InChI=1S/C7H8N2O4S/c8-9-7(10)5-1-3-6(4-2-5)14(11,12)13/h1-4H,8H2,(H,9,10)(H,11,12,13). The van der Waals surface area contributed by atoms with E-state index in [0.29, 0.717) is 0 Å². The van der Waals surface area contributed by atoms with Crippen LogP contribution >= 0.6 is 0 Å². The third-order valence-corrected chi connectivity index (χ3v) is 2.41. The zero-order chi connectivity index (χ0) is 10.8. The molecule has 0 heterocycles. The number of carbonyl (C=O) groups excluding carboxylic acids is 1. The molecule has 1 aromatic rings. The van der Waals surface area contributed by atoms with Crippen molar-refractivity contribution in [3.05, 3.63) is 29.8 Å². The van der Waals surface area contributed by atoms with Gasteiger partial charge in [0.1, 0.15) is 0 Å². The summed E-state index contributed by atoms with van der Waals surface area (Å²) in [5, 5.41) is 0. The Balaban J connectivity index is 3.07. The lowest BCUT2D eigenvalue weighted by atomic mass is 10.2. The Hall–Kier alpha value is -1.44. The van der Waals surface area contributed by atoms with Gasteiger partial charge in [0.2, 0.25) is 0 Å². The molecule has 0 aliphatic rings. The second-order valence-corrected chi connectivity index (χ2v) is 3.89. The van der Waals surface area contributed by atoms with Crippen LogP contribution in [-0.4, -0.2) is 18.9 Å². The smallest absolute Gasteiger partial charge is 0.290 e. The highest BCUT2D eigenvalue weighted by molar-refractivity contribution is 7.85. The predicted octanol–water partition coefficient (Wildman–Crippen LogP) is -0.463. The molecule has 0 atom stereocenters. The summed E-state index contributed by atoms with van der Waals surface area (Å²) >= 11 is 0. The number of hydrogen-bond donors (Lipinski definition) is 3. The van der Waals surface area contributed by atoms with Gasteiger partial charge in [0, 0.05) is 5.56 Å². The molecular formula is C7H8N2O4S. The Labute approximate surface area is 80.4 Å². The number of hydrogen-bond acceptors (Lipinski definition) is 4. The van der Waals surface area contributed by atoms with Crippen LogP contribution in [0.15, 0.2) is 29.2 Å². The number of hydrazine groups is 1. The normalized spacial score (nSPS) is 11.0. The topological polar surface area (TPSA) is 109 Å². The van der Waals surface area contributed by atoms with Crippen LogP contribution in [0.5, 0.6) is 0 Å². The number of rotatable bonds is 2. The molecule has 1 amide bonds. The van der Waals surface area contributed by atoms with Crippen molar-refractivity contribution >= 4 is 16.0 Å². The maximum absolute atomic E-state index is 10.9. The summed E-state index contributed by atoms with van der Waals surface area (Å²) in [6.07, 6.45) is 0. The Morgan fingerprint density at radius 3 is 2.14 bits per heavy atom. The molecule has 76 valence electrons. The van der Waals surface area contributed by atoms with Gasteiger partial charge in [-0.2, -0.15) is 8.42 Å². The van der Waals surface area contributed by atoms with Crippen LogP contribution in [0.1, 0.15) is 10.4 Å². The second kappa shape index (κ2) is 3.74. The molecule has 1 aromatic carbocycles. The first kappa shape index (κ1) is 10.6. The fourth-order valence-electron chi connectivity index (χ4n) is 0.862. The lowest BCUT2D eigenvalue weighted by Crippen LogP contribution is -2.29. The van der Waals surface area contributed by atoms with E-state index in [0.717, 1.165) is 12.1 Å². The van der Waals surface area contributed by atoms with Gasteiger partial charge in [-0.3, -0.25) is 14.8 Å². The van der Waals surface area contributed by atoms with Gasteiger partial charge in [0.15, 0.2) is 0 Å². The maximum atomic E-state index is 10.9. The van der Waals surface area contributed by atoms with Gasteiger partial charge in [-0.05, 0) is 24.3 Å². The van der Waals surface area contributed by atoms with E-state index >= 15 is 0 Å². The summed E-state index contributed by atoms with van der Waals surface area (Å²) in [7, 11) is -4.21. The first-order chi connectivity index (χ1) is 6.45. The van der Waals surface area contributed by atoms with Gasteiger partial charge < -0.3 is 0 Å². The van der Waals surface area contributed by atoms with Gasteiger partial charge in [0.25, 0.3) is 16.0 Å². The fraction of sp³-hybridized carbons (Fsp3) is 0. The fourth-order valence-corrected chi connectivity index (χ4v) is 1.34. The van der Waals surface area contributed by atoms with E-state index in [1.807, 2.05) is 5.43 Å². The van der Waals surface area contributed by atoms with Crippen molar-refractivity contribution in [2.24, 2.45) is 5.84 Å². The number of nitrogen functional groups attached to an aromatic ring is 1. The monoisotopic (exact) mass is 216 g/mol. The third kappa shape index (κ3) is 2.28. The third-order valence-electron chi connectivity index (χ3n) is 1.55. The van der Waals surface area contributed by atoms with E-state index in [2.05, 4.69) is 0 Å². The van der Waals surface area contributed by atoms with E-state index in [1.54, 1.807) is 0 Å². The van der Waals surface area contributed by atoms with Crippen molar-refractivity contribution in [3.63, 3.8) is 0 Å². The van der Waals surface area contributed by atoms with E-state index in [4.69, 9.17) is 10.4 Å². The summed E-state index contributed by atoms with van der Waals surface area (Å²) in [5.41, 5.74) is 2.10. The minimum absolute atomic E-state index is 0.208. The Morgan fingerprint density at radius 2 is 1.79 bits per heavy atom. The van der Waals surface area contributed by atoms with Crippen molar-refractivity contribution in [1.82, 2.24) is 5.43 Å². The zero-order valence-corrected chi connectivity index (χ0v) is 7.78. The molecule has 0 spiro atoms. The Bertz CT molecular complexity index is 437. The summed E-state index contributed by atoms with van der Waals surface area (Å²) in [5.74, 6) is 4.33. The second-order valence-electron chi connectivity index (χ2n) is 2.47. The van der Waals surface area contributed by atoms with Crippen LogP contribution in [0.2, 0.25) is 0 Å². The number of benzene rings is 1. The zero-order valence-electron chi connectivity index (χ0n) is 6.97. The summed E-state index contributed by atoms with van der Waals surface area (Å²) in [6.45, 7) is 0. The highest BCUT2D eigenvalue weighted by Crippen LogP contribution is 2.09. The highest BCUT2D eigenvalue weighted by Gasteiger charge is 2.10. The number of nitrogens with two attached hydrogens (primary N) is 1. The average Bonchev–Trinajstić information content (AvgIpc) is 2.15. The minimum Gasteiger partial charge on any atom is -0.290 e. The van der Waals surface area contributed by atoms with Gasteiger partial charge >= 0.3 is 0 Å². The molecule has 0 saturated carbocycles. The molecule has 7 heteroatoms. The van der Waals surface area contributed by atoms with E-state index < -0.39 is 16.0 Å². The predicted molar refractivity (Wildman–Crippen MR) is 47.9 cm³/mol. The first-order valence-corrected chi connectivity index (χ1v) is 4.97. The number of nitrogens with one attached hydrogen (secondary N) is 1. The Kier molecular flexibility index (Phi) is 2.84. The molecule has 1 rings (SSSR count). The van der Waals surface area contributed by atoms with Gasteiger partial charge in [-0.15, -0.1) is 0 Å². The molecule has 6 nitrogen and oxygen atoms in total. The van der Waals surface area contributed by atoms with Crippen molar-refractivity contribution in [2.45, 2.75) is 4.90 Å². The highest BCUT2D eigenvalue weighted by atomic mass is 32.2. The minimum atomic E-state index is -4.21. The van der Waals surface area contributed by atoms with Crippen LogP contribution in [0.4, 0.5) is 0 Å². The van der Waals surface area contributed by atoms with Crippen molar-refractivity contribution in [3.8, 4) is 0 Å². The first-order valence-electron chi connectivity index (χ1n) is 3.53. The largest absolute Gasteiger partial charge is 0.294 e. The number of carbonyl (C=O) groups is 1. The van der Waals surface area contributed by atoms with Gasteiger partial charge in [-0.1, -0.05) is 0 Å². The Morgan fingerprint density at radius 1 is 1.29 bits per heavy atom. The van der Waals surface area contributed by atoms with Crippen molar-refractivity contribution < 1.29 is 17.8 Å². The summed E-state index contributed by atoms with van der Waals surface area (Å²) in [6, 6.07) is 4.70. The molecule has 0 fully saturated rings. The number of amides is 1. The molecule has 0 aliphatic carbocycles. The van der Waals surface area contributed by atoms with Crippen LogP contribution in [0.3, 0.4) is 0 Å². The average molecular weight is 216 g/mol. The van der Waals surface area contributed by atoms with Gasteiger partial charge in [-0.25, -0.2) is 5.84 Å². The van der Waals surface area contributed by atoms with E-state index in [-0.39, 0.29) is 10.5 Å².